The van der Waals surface area contributed by atoms with Crippen LogP contribution in [0.3, 0.4) is 0 Å². The minimum atomic E-state index is -1.11. The molecule has 2 N–H and O–H groups in total. The highest BCUT2D eigenvalue weighted by Gasteiger charge is 2.11. The average molecular weight is 211 g/mol. The van der Waals surface area contributed by atoms with Crippen LogP contribution in [0.2, 0.25) is 0 Å². The van der Waals surface area contributed by atoms with Crippen molar-refractivity contribution in [3.63, 3.8) is 0 Å². The van der Waals surface area contributed by atoms with Gasteiger partial charge in [0.05, 0.1) is 0 Å². The summed E-state index contributed by atoms with van der Waals surface area (Å²) in [6, 6.07) is 0. The van der Waals surface area contributed by atoms with Gasteiger partial charge in [-0.2, -0.15) is 4.98 Å². The standard InChI is InChI=1S/C7H5N3O3S/c11-5(12)4-3-13-7(10-4)14-6-8-1-2-9-6/h1-3H,(H,8,9)(H,11,12). The van der Waals surface area contributed by atoms with Crippen molar-refractivity contribution in [3.8, 4) is 0 Å². The number of rotatable bonds is 3. The highest BCUT2D eigenvalue weighted by atomic mass is 32.2. The van der Waals surface area contributed by atoms with E-state index in [1.165, 1.54) is 0 Å². The van der Waals surface area contributed by atoms with Crippen molar-refractivity contribution in [1.82, 2.24) is 15.0 Å². The molecule has 0 saturated heterocycles. The Morgan fingerprint density at radius 2 is 2.50 bits per heavy atom. The molecule has 72 valence electrons. The number of carboxylic acid groups (broad SMARTS) is 1. The molecule has 2 aromatic heterocycles. The van der Waals surface area contributed by atoms with Crippen molar-refractivity contribution in [1.29, 1.82) is 0 Å². The van der Waals surface area contributed by atoms with E-state index < -0.39 is 5.97 Å². The van der Waals surface area contributed by atoms with Crippen LogP contribution in [-0.4, -0.2) is 26.0 Å². The van der Waals surface area contributed by atoms with E-state index >= 15 is 0 Å². The molecule has 0 aliphatic heterocycles. The van der Waals surface area contributed by atoms with Gasteiger partial charge in [0, 0.05) is 24.2 Å². The summed E-state index contributed by atoms with van der Waals surface area (Å²) in [4.78, 5) is 20.9. The molecule has 7 heteroatoms. The maximum absolute atomic E-state index is 10.5. The summed E-state index contributed by atoms with van der Waals surface area (Å²) in [5.41, 5.74) is -0.112. The van der Waals surface area contributed by atoms with Crippen LogP contribution >= 0.6 is 11.8 Å². The molecule has 2 rings (SSSR count). The lowest BCUT2D eigenvalue weighted by atomic mass is 10.5. The summed E-state index contributed by atoms with van der Waals surface area (Å²) in [7, 11) is 0. The number of carbonyl (C=O) groups is 1. The van der Waals surface area contributed by atoms with Crippen LogP contribution in [0, 0.1) is 0 Å². The summed E-state index contributed by atoms with van der Waals surface area (Å²) in [5, 5.41) is 9.42. The molecule has 2 aromatic rings. The second kappa shape index (κ2) is 3.54. The number of hydrogen-bond acceptors (Lipinski definition) is 5. The van der Waals surface area contributed by atoms with E-state index in [-0.39, 0.29) is 10.9 Å². The lowest BCUT2D eigenvalue weighted by Gasteiger charge is -1.87. The van der Waals surface area contributed by atoms with Crippen LogP contribution in [0.15, 0.2) is 33.5 Å². The molecule has 0 radical (unpaired) electrons. The predicted molar refractivity (Wildman–Crippen MR) is 46.2 cm³/mol. The van der Waals surface area contributed by atoms with Crippen molar-refractivity contribution in [2.75, 3.05) is 0 Å². The second-order valence-corrected chi connectivity index (χ2v) is 3.24. The van der Waals surface area contributed by atoms with Gasteiger partial charge in [-0.15, -0.1) is 0 Å². The normalized spacial score (nSPS) is 10.3. The summed E-state index contributed by atoms with van der Waals surface area (Å²) in [5.74, 6) is -1.11. The van der Waals surface area contributed by atoms with Gasteiger partial charge in [-0.1, -0.05) is 0 Å². The predicted octanol–water partition coefficient (Wildman–Crippen LogP) is 1.25. The molecule has 0 atom stereocenters. The quantitative estimate of drug-likeness (QED) is 0.793. The molecule has 0 aliphatic carbocycles. The van der Waals surface area contributed by atoms with Crippen LogP contribution in [0.5, 0.6) is 0 Å². The molecule has 0 spiro atoms. The zero-order valence-electron chi connectivity index (χ0n) is 6.80. The van der Waals surface area contributed by atoms with Gasteiger partial charge < -0.3 is 14.5 Å². The molecule has 0 saturated carbocycles. The number of nitrogens with one attached hydrogen (secondary N) is 1. The summed E-state index contributed by atoms with van der Waals surface area (Å²) in [6.45, 7) is 0. The number of imidazole rings is 1. The van der Waals surface area contributed by atoms with Gasteiger partial charge in [0.15, 0.2) is 10.9 Å². The number of carboxylic acids is 1. The summed E-state index contributed by atoms with van der Waals surface area (Å²) in [6.07, 6.45) is 4.33. The van der Waals surface area contributed by atoms with Crippen molar-refractivity contribution in [2.24, 2.45) is 0 Å². The van der Waals surface area contributed by atoms with Crippen molar-refractivity contribution < 1.29 is 14.3 Å². The number of nitrogens with zero attached hydrogens (tertiary/aromatic N) is 2. The number of hydrogen-bond donors (Lipinski definition) is 2. The van der Waals surface area contributed by atoms with Gasteiger partial charge in [-0.25, -0.2) is 9.78 Å². The number of H-pyrrole nitrogens is 1. The Hall–Kier alpha value is -1.76. The number of aromatic carboxylic acids is 1. The topological polar surface area (TPSA) is 92.0 Å². The molecule has 6 nitrogen and oxygen atoms in total. The van der Waals surface area contributed by atoms with Crippen LogP contribution in [0.25, 0.3) is 0 Å². The molecule has 14 heavy (non-hydrogen) atoms. The summed E-state index contributed by atoms with van der Waals surface area (Å²) >= 11 is 1.12. The average Bonchev–Trinajstić information content (AvgIpc) is 2.75. The zero-order chi connectivity index (χ0) is 9.97. The van der Waals surface area contributed by atoms with Crippen molar-refractivity contribution in [2.45, 2.75) is 10.4 Å². The molecule has 0 aromatic carbocycles. The maximum atomic E-state index is 10.5. The van der Waals surface area contributed by atoms with E-state index in [1.54, 1.807) is 12.4 Å². The SMILES string of the molecule is O=C(O)c1coc(Sc2ncc[nH]2)n1. The Labute approximate surface area is 82.4 Å². The third kappa shape index (κ3) is 1.77. The van der Waals surface area contributed by atoms with Crippen LogP contribution in [0.1, 0.15) is 10.5 Å². The van der Waals surface area contributed by atoms with Gasteiger partial charge in [0.1, 0.15) is 6.26 Å². The van der Waals surface area contributed by atoms with Crippen LogP contribution in [-0.2, 0) is 0 Å². The Kier molecular flexibility index (Phi) is 2.23. The van der Waals surface area contributed by atoms with Gasteiger partial charge in [-0.05, 0) is 0 Å². The Balaban J connectivity index is 2.14. The molecule has 2 heterocycles. The highest BCUT2D eigenvalue weighted by molar-refractivity contribution is 7.98. The molecule has 0 unspecified atom stereocenters. The lowest BCUT2D eigenvalue weighted by Crippen LogP contribution is -1.95. The highest BCUT2D eigenvalue weighted by Crippen LogP contribution is 2.23. The van der Waals surface area contributed by atoms with Gasteiger partial charge in [-0.3, -0.25) is 0 Å². The third-order valence-electron chi connectivity index (χ3n) is 1.36. The van der Waals surface area contributed by atoms with Crippen LogP contribution in [0.4, 0.5) is 0 Å². The van der Waals surface area contributed by atoms with E-state index in [0.29, 0.717) is 5.16 Å². The summed E-state index contributed by atoms with van der Waals surface area (Å²) < 4.78 is 4.91. The Bertz CT molecular complexity index is 437. The minimum Gasteiger partial charge on any atom is -0.476 e. The van der Waals surface area contributed by atoms with E-state index in [4.69, 9.17) is 9.52 Å². The lowest BCUT2D eigenvalue weighted by molar-refractivity contribution is 0.0690. The molecular formula is C7H5N3O3S. The van der Waals surface area contributed by atoms with E-state index in [2.05, 4.69) is 15.0 Å². The van der Waals surface area contributed by atoms with Crippen molar-refractivity contribution in [3.05, 3.63) is 24.4 Å². The number of oxazole rings is 1. The first kappa shape index (κ1) is 8.82. The minimum absolute atomic E-state index is 0.112. The smallest absolute Gasteiger partial charge is 0.357 e. The fourth-order valence-electron chi connectivity index (χ4n) is 0.792. The van der Waals surface area contributed by atoms with Gasteiger partial charge >= 0.3 is 5.97 Å². The second-order valence-electron chi connectivity index (χ2n) is 2.30. The first-order valence-corrected chi connectivity index (χ1v) is 4.43. The number of aromatic amines is 1. The molecule has 0 bridgehead atoms. The number of aromatic nitrogens is 3. The fourth-order valence-corrected chi connectivity index (χ4v) is 1.44. The van der Waals surface area contributed by atoms with Gasteiger partial charge in [0.25, 0.3) is 5.22 Å². The first-order valence-electron chi connectivity index (χ1n) is 3.62. The zero-order valence-corrected chi connectivity index (χ0v) is 7.61. The van der Waals surface area contributed by atoms with E-state index in [9.17, 15) is 4.79 Å². The van der Waals surface area contributed by atoms with E-state index in [0.717, 1.165) is 18.0 Å². The van der Waals surface area contributed by atoms with Gasteiger partial charge in [0.2, 0.25) is 0 Å². The van der Waals surface area contributed by atoms with Crippen molar-refractivity contribution >= 4 is 17.7 Å². The van der Waals surface area contributed by atoms with E-state index in [1.807, 2.05) is 0 Å². The molecular weight excluding hydrogens is 206 g/mol. The molecule has 0 fully saturated rings. The molecule has 0 aliphatic rings. The fraction of sp³-hybridized carbons (Fsp3) is 0. The third-order valence-corrected chi connectivity index (χ3v) is 2.14. The molecule has 0 amide bonds. The Morgan fingerprint density at radius 3 is 3.07 bits per heavy atom. The largest absolute Gasteiger partial charge is 0.476 e. The first-order chi connectivity index (χ1) is 6.75. The maximum Gasteiger partial charge on any atom is 0.357 e. The Morgan fingerprint density at radius 1 is 1.64 bits per heavy atom. The monoisotopic (exact) mass is 211 g/mol. The van der Waals surface area contributed by atoms with Crippen LogP contribution < -0.4 is 0 Å².